The van der Waals surface area contributed by atoms with E-state index in [0.29, 0.717) is 36.3 Å². The minimum Gasteiger partial charge on any atom is -0.486 e. The van der Waals surface area contributed by atoms with E-state index in [9.17, 15) is 9.00 Å². The fraction of sp³-hybridized carbons (Fsp3) is 0.350. The molecule has 7 heteroatoms. The Labute approximate surface area is 166 Å². The highest BCUT2D eigenvalue weighted by Gasteiger charge is 2.26. The van der Waals surface area contributed by atoms with Crippen LogP contribution in [0.4, 0.5) is 5.69 Å². The lowest BCUT2D eigenvalue weighted by atomic mass is 10.2. The molecule has 1 amide bonds. The lowest BCUT2D eigenvalue weighted by Gasteiger charge is -2.24. The van der Waals surface area contributed by atoms with Crippen molar-refractivity contribution in [1.29, 1.82) is 0 Å². The molecule has 1 aliphatic heterocycles. The molecule has 144 valence electrons. The van der Waals surface area contributed by atoms with Crippen LogP contribution in [-0.2, 0) is 21.3 Å². The maximum absolute atomic E-state index is 12.9. The Hall–Kier alpha value is -2.05. The van der Waals surface area contributed by atoms with Gasteiger partial charge in [-0.3, -0.25) is 9.00 Å². The van der Waals surface area contributed by atoms with E-state index < -0.39 is 16.0 Å². The van der Waals surface area contributed by atoms with Gasteiger partial charge in [-0.05, 0) is 43.7 Å². The zero-order valence-corrected chi connectivity index (χ0v) is 16.9. The standard InChI is InChI=1S/C20H22ClNO4S/c1-3-22(16-7-5-4-6-8-16)20(23)14(2)27(24)13-15-11-17(21)19-18(12-15)25-9-10-26-19/h4-8,11-12,14H,3,9-10,13H2,1-2H3. The van der Waals surface area contributed by atoms with Crippen molar-refractivity contribution in [1.82, 2.24) is 0 Å². The molecule has 2 aromatic rings. The van der Waals surface area contributed by atoms with Gasteiger partial charge in [0.15, 0.2) is 11.5 Å². The van der Waals surface area contributed by atoms with Gasteiger partial charge in [0.2, 0.25) is 5.91 Å². The van der Waals surface area contributed by atoms with Crippen LogP contribution in [0.15, 0.2) is 42.5 Å². The second-order valence-electron chi connectivity index (χ2n) is 6.19. The third-order valence-electron chi connectivity index (χ3n) is 4.36. The van der Waals surface area contributed by atoms with Gasteiger partial charge < -0.3 is 14.4 Å². The molecule has 0 saturated heterocycles. The van der Waals surface area contributed by atoms with Gasteiger partial charge >= 0.3 is 0 Å². The average Bonchev–Trinajstić information content (AvgIpc) is 2.68. The van der Waals surface area contributed by atoms with Gasteiger partial charge in [0.05, 0.1) is 5.02 Å². The van der Waals surface area contributed by atoms with Gasteiger partial charge in [-0.2, -0.15) is 0 Å². The molecule has 2 unspecified atom stereocenters. The maximum atomic E-state index is 12.9. The molecule has 3 rings (SSSR count). The largest absolute Gasteiger partial charge is 0.486 e. The number of hydrogen-bond acceptors (Lipinski definition) is 4. The van der Waals surface area contributed by atoms with Crippen LogP contribution in [0, 0.1) is 0 Å². The minimum atomic E-state index is -1.40. The summed E-state index contributed by atoms with van der Waals surface area (Å²) in [6, 6.07) is 12.9. The van der Waals surface area contributed by atoms with Crippen LogP contribution in [0.5, 0.6) is 11.5 Å². The van der Waals surface area contributed by atoms with Crippen LogP contribution in [0.1, 0.15) is 19.4 Å². The first kappa shape index (κ1) is 19.7. The van der Waals surface area contributed by atoms with Crippen molar-refractivity contribution in [3.05, 3.63) is 53.1 Å². The van der Waals surface area contributed by atoms with Crippen molar-refractivity contribution in [3.8, 4) is 11.5 Å². The summed E-state index contributed by atoms with van der Waals surface area (Å²) >= 11 is 6.25. The summed E-state index contributed by atoms with van der Waals surface area (Å²) in [4.78, 5) is 14.5. The second kappa shape index (κ2) is 8.76. The number of anilines is 1. The Balaban J connectivity index is 1.74. The van der Waals surface area contributed by atoms with Crippen molar-refractivity contribution in [2.75, 3.05) is 24.7 Å². The van der Waals surface area contributed by atoms with Crippen LogP contribution in [0.2, 0.25) is 5.02 Å². The number of carbonyl (C=O) groups is 1. The lowest BCUT2D eigenvalue weighted by Crippen LogP contribution is -2.40. The smallest absolute Gasteiger partial charge is 0.242 e. The van der Waals surface area contributed by atoms with E-state index in [2.05, 4.69) is 0 Å². The molecule has 0 fully saturated rings. The van der Waals surface area contributed by atoms with Gasteiger partial charge in [0, 0.05) is 28.8 Å². The number of amides is 1. The van der Waals surface area contributed by atoms with E-state index in [1.807, 2.05) is 37.3 Å². The van der Waals surface area contributed by atoms with Crippen LogP contribution in [-0.4, -0.2) is 35.1 Å². The first-order valence-electron chi connectivity index (χ1n) is 8.83. The van der Waals surface area contributed by atoms with Gasteiger partial charge in [0.25, 0.3) is 0 Å². The molecule has 0 bridgehead atoms. The molecule has 0 radical (unpaired) electrons. The number of halogens is 1. The lowest BCUT2D eigenvalue weighted by molar-refractivity contribution is -0.117. The van der Waals surface area contributed by atoms with Crippen molar-refractivity contribution in [2.24, 2.45) is 0 Å². The topological polar surface area (TPSA) is 55.8 Å². The molecule has 0 N–H and O–H groups in total. The van der Waals surface area contributed by atoms with E-state index in [4.69, 9.17) is 21.1 Å². The fourth-order valence-electron chi connectivity index (χ4n) is 2.94. The molecular weight excluding hydrogens is 386 g/mol. The number of hydrogen-bond donors (Lipinski definition) is 0. The molecular formula is C20H22ClNO4S. The van der Waals surface area contributed by atoms with Crippen molar-refractivity contribution in [2.45, 2.75) is 24.9 Å². The molecule has 1 aliphatic rings. The number of carbonyl (C=O) groups excluding carboxylic acids is 1. The van der Waals surface area contributed by atoms with Crippen molar-refractivity contribution < 1.29 is 18.5 Å². The summed E-state index contributed by atoms with van der Waals surface area (Å²) in [5.74, 6) is 1.13. The first-order chi connectivity index (χ1) is 13.0. The molecule has 0 aromatic heterocycles. The molecule has 0 aliphatic carbocycles. The summed E-state index contributed by atoms with van der Waals surface area (Å²) in [5.41, 5.74) is 1.56. The van der Waals surface area contributed by atoms with E-state index in [0.717, 1.165) is 11.3 Å². The third kappa shape index (κ3) is 4.45. The molecule has 1 heterocycles. The summed E-state index contributed by atoms with van der Waals surface area (Å²) < 4.78 is 23.9. The Kier molecular flexibility index (Phi) is 6.39. The Bertz CT molecular complexity index is 843. The molecule has 0 spiro atoms. The molecule has 2 atom stereocenters. The number of ether oxygens (including phenoxy) is 2. The maximum Gasteiger partial charge on any atom is 0.242 e. The zero-order chi connectivity index (χ0) is 19.4. The van der Waals surface area contributed by atoms with Crippen molar-refractivity contribution in [3.63, 3.8) is 0 Å². The summed E-state index contributed by atoms with van der Waals surface area (Å²) in [7, 11) is -1.40. The number of nitrogens with zero attached hydrogens (tertiary/aromatic N) is 1. The van der Waals surface area contributed by atoms with Gasteiger partial charge in [0.1, 0.15) is 18.5 Å². The monoisotopic (exact) mass is 407 g/mol. The summed E-state index contributed by atoms with van der Waals surface area (Å²) in [5, 5.41) is -0.213. The molecule has 2 aromatic carbocycles. The van der Waals surface area contributed by atoms with Crippen LogP contribution < -0.4 is 14.4 Å². The summed E-state index contributed by atoms with van der Waals surface area (Å²) in [6.07, 6.45) is 0. The van der Waals surface area contributed by atoms with E-state index in [-0.39, 0.29) is 11.7 Å². The number of rotatable bonds is 6. The molecule has 27 heavy (non-hydrogen) atoms. The third-order valence-corrected chi connectivity index (χ3v) is 6.25. The highest BCUT2D eigenvalue weighted by atomic mass is 35.5. The van der Waals surface area contributed by atoms with Gasteiger partial charge in [-0.15, -0.1) is 0 Å². The van der Waals surface area contributed by atoms with Gasteiger partial charge in [-0.25, -0.2) is 0 Å². The molecule has 5 nitrogen and oxygen atoms in total. The predicted octanol–water partition coefficient (Wildman–Crippen LogP) is 3.80. The number of benzene rings is 2. The van der Waals surface area contributed by atoms with Crippen LogP contribution >= 0.6 is 11.6 Å². The number of fused-ring (bicyclic) bond motifs is 1. The predicted molar refractivity (Wildman–Crippen MR) is 108 cm³/mol. The van der Waals surface area contributed by atoms with Crippen LogP contribution in [0.25, 0.3) is 0 Å². The Morgan fingerprint density at radius 3 is 2.63 bits per heavy atom. The second-order valence-corrected chi connectivity index (χ2v) is 8.35. The van der Waals surface area contributed by atoms with Gasteiger partial charge in [-0.1, -0.05) is 29.8 Å². The normalized spacial score (nSPS) is 15.1. The Morgan fingerprint density at radius 1 is 1.22 bits per heavy atom. The Morgan fingerprint density at radius 2 is 1.93 bits per heavy atom. The fourth-order valence-corrected chi connectivity index (χ4v) is 4.33. The quantitative estimate of drug-likeness (QED) is 0.730. The highest BCUT2D eigenvalue weighted by molar-refractivity contribution is 7.85. The summed E-state index contributed by atoms with van der Waals surface area (Å²) in [6.45, 7) is 5.02. The van der Waals surface area contributed by atoms with E-state index in [1.165, 1.54) is 0 Å². The van der Waals surface area contributed by atoms with Crippen LogP contribution in [0.3, 0.4) is 0 Å². The minimum absolute atomic E-state index is 0.161. The average molecular weight is 408 g/mol. The first-order valence-corrected chi connectivity index (χ1v) is 10.6. The zero-order valence-electron chi connectivity index (χ0n) is 15.3. The van der Waals surface area contributed by atoms with E-state index in [1.54, 1.807) is 24.0 Å². The van der Waals surface area contributed by atoms with E-state index >= 15 is 0 Å². The SMILES string of the molecule is CCN(C(=O)C(C)S(=O)Cc1cc(Cl)c2c(c1)OCCO2)c1ccccc1. The van der Waals surface area contributed by atoms with Crippen molar-refractivity contribution >= 4 is 34.0 Å². The number of para-hydroxylation sites is 1. The molecule has 0 saturated carbocycles. The highest BCUT2D eigenvalue weighted by Crippen LogP contribution is 2.38.